The largest absolute Gasteiger partial charge is 0.394 e. The molecule has 0 aromatic carbocycles. The molecule has 1 aromatic heterocycles. The molecule has 0 aliphatic carbocycles. The second-order valence-electron chi connectivity index (χ2n) is 3.83. The van der Waals surface area contributed by atoms with Crippen molar-refractivity contribution in [3.05, 3.63) is 16.0 Å². The predicted molar refractivity (Wildman–Crippen MR) is 64.3 cm³/mol. The lowest BCUT2D eigenvalue weighted by molar-refractivity contribution is 0.215. The van der Waals surface area contributed by atoms with Crippen molar-refractivity contribution >= 4 is 33.3 Å². The zero-order valence-electron chi connectivity index (χ0n) is 8.83. The minimum absolute atomic E-state index is 0.0254. The fraction of sp³-hybridized carbons (Fsp3) is 0.556. The highest BCUT2D eigenvalue weighted by molar-refractivity contribution is 9.10. The zero-order valence-corrected chi connectivity index (χ0v) is 11.2. The van der Waals surface area contributed by atoms with Crippen LogP contribution < -0.4 is 4.90 Å². The van der Waals surface area contributed by atoms with Crippen molar-refractivity contribution in [2.45, 2.75) is 19.4 Å². The van der Waals surface area contributed by atoms with Gasteiger partial charge in [0.2, 0.25) is 0 Å². The van der Waals surface area contributed by atoms with Crippen molar-refractivity contribution in [3.63, 3.8) is 0 Å². The number of aliphatic hydroxyl groups is 1. The maximum atomic E-state index is 9.25. The first-order valence-corrected chi connectivity index (χ1v) is 5.58. The average molecular weight is 295 g/mol. The number of rotatable bonds is 3. The van der Waals surface area contributed by atoms with Crippen molar-refractivity contribution in [3.8, 4) is 0 Å². The van der Waals surface area contributed by atoms with E-state index in [1.165, 1.54) is 6.33 Å². The molecule has 0 spiro atoms. The summed E-state index contributed by atoms with van der Waals surface area (Å²) in [7, 11) is 1.85. The summed E-state index contributed by atoms with van der Waals surface area (Å²) >= 11 is 9.19. The van der Waals surface area contributed by atoms with Crippen LogP contribution in [0, 0.1) is 0 Å². The van der Waals surface area contributed by atoms with E-state index < -0.39 is 5.54 Å². The van der Waals surface area contributed by atoms with Crippen LogP contribution in [0.15, 0.2) is 10.8 Å². The molecule has 0 radical (unpaired) electrons. The Labute approximate surface area is 102 Å². The minimum Gasteiger partial charge on any atom is -0.394 e. The second kappa shape index (κ2) is 4.63. The highest BCUT2D eigenvalue weighted by Gasteiger charge is 2.26. The van der Waals surface area contributed by atoms with Crippen molar-refractivity contribution < 1.29 is 5.11 Å². The number of hydrogen-bond donors (Lipinski definition) is 1. The van der Waals surface area contributed by atoms with Gasteiger partial charge >= 0.3 is 0 Å². The topological polar surface area (TPSA) is 49.2 Å². The number of hydrogen-bond acceptors (Lipinski definition) is 4. The number of anilines is 1. The monoisotopic (exact) mass is 293 g/mol. The van der Waals surface area contributed by atoms with Crippen LogP contribution in [0.25, 0.3) is 0 Å². The van der Waals surface area contributed by atoms with Gasteiger partial charge in [0.25, 0.3) is 0 Å². The third kappa shape index (κ3) is 2.59. The number of likely N-dealkylation sites (N-methyl/N-ethyl adjacent to an activating group) is 1. The van der Waals surface area contributed by atoms with Gasteiger partial charge in [-0.1, -0.05) is 11.6 Å². The molecule has 0 unspecified atom stereocenters. The van der Waals surface area contributed by atoms with Gasteiger partial charge < -0.3 is 10.0 Å². The molecule has 0 fully saturated rings. The lowest BCUT2D eigenvalue weighted by Crippen LogP contribution is -2.45. The molecule has 1 N–H and O–H groups in total. The second-order valence-corrected chi connectivity index (χ2v) is 4.98. The maximum Gasteiger partial charge on any atom is 0.148 e. The molecule has 1 heterocycles. The maximum absolute atomic E-state index is 9.25. The summed E-state index contributed by atoms with van der Waals surface area (Å²) in [6.07, 6.45) is 1.40. The van der Waals surface area contributed by atoms with E-state index in [0.717, 1.165) is 0 Å². The van der Waals surface area contributed by atoms with Gasteiger partial charge in [0.15, 0.2) is 0 Å². The molecule has 0 aliphatic heterocycles. The molecule has 0 atom stereocenters. The number of nitrogens with zero attached hydrogens (tertiary/aromatic N) is 3. The lowest BCUT2D eigenvalue weighted by Gasteiger charge is -2.35. The summed E-state index contributed by atoms with van der Waals surface area (Å²) in [5, 5.41) is 9.61. The molecule has 0 saturated heterocycles. The molecule has 1 rings (SSSR count). The quantitative estimate of drug-likeness (QED) is 0.867. The first-order valence-electron chi connectivity index (χ1n) is 4.41. The molecular formula is C9H13BrClN3O. The van der Waals surface area contributed by atoms with Gasteiger partial charge in [-0.05, 0) is 29.8 Å². The fourth-order valence-corrected chi connectivity index (χ4v) is 1.57. The van der Waals surface area contributed by atoms with E-state index in [1.807, 2.05) is 25.8 Å². The SMILES string of the molecule is CN(c1ncnc(Cl)c1Br)C(C)(C)CO. The molecule has 0 bridgehead atoms. The van der Waals surface area contributed by atoms with E-state index in [4.69, 9.17) is 11.6 Å². The van der Waals surface area contributed by atoms with Crippen LogP contribution in [0.5, 0.6) is 0 Å². The van der Waals surface area contributed by atoms with E-state index in [0.29, 0.717) is 15.4 Å². The summed E-state index contributed by atoms with van der Waals surface area (Å²) < 4.78 is 0.635. The Hall–Kier alpha value is -0.390. The van der Waals surface area contributed by atoms with Crippen molar-refractivity contribution in [2.75, 3.05) is 18.6 Å². The molecule has 0 aliphatic rings. The smallest absolute Gasteiger partial charge is 0.148 e. The Balaban J connectivity index is 3.12. The highest BCUT2D eigenvalue weighted by atomic mass is 79.9. The minimum atomic E-state index is -0.403. The summed E-state index contributed by atoms with van der Waals surface area (Å²) in [4.78, 5) is 9.83. The predicted octanol–water partition coefficient (Wildman–Crippen LogP) is 2.10. The van der Waals surface area contributed by atoms with E-state index >= 15 is 0 Å². The molecule has 4 nitrogen and oxygen atoms in total. The van der Waals surface area contributed by atoms with Crippen LogP contribution in [0.1, 0.15) is 13.8 Å². The van der Waals surface area contributed by atoms with Gasteiger partial charge in [-0.3, -0.25) is 0 Å². The van der Waals surface area contributed by atoms with Crippen LogP contribution in [0.4, 0.5) is 5.82 Å². The van der Waals surface area contributed by atoms with Gasteiger partial charge in [-0.2, -0.15) is 0 Å². The van der Waals surface area contributed by atoms with Crippen molar-refractivity contribution in [1.82, 2.24) is 9.97 Å². The molecule has 0 amide bonds. The lowest BCUT2D eigenvalue weighted by atomic mass is 10.1. The van der Waals surface area contributed by atoms with Gasteiger partial charge in [0.05, 0.1) is 16.6 Å². The molecule has 6 heteroatoms. The van der Waals surface area contributed by atoms with Gasteiger partial charge in [-0.15, -0.1) is 0 Å². The fourth-order valence-electron chi connectivity index (χ4n) is 0.966. The van der Waals surface area contributed by atoms with Gasteiger partial charge in [0.1, 0.15) is 17.3 Å². The Kier molecular flexibility index (Phi) is 3.92. The van der Waals surface area contributed by atoms with Crippen LogP contribution in [-0.4, -0.2) is 34.3 Å². The van der Waals surface area contributed by atoms with E-state index in [1.54, 1.807) is 0 Å². The molecule has 0 saturated carbocycles. The average Bonchev–Trinajstić information content (AvgIpc) is 2.21. The number of aromatic nitrogens is 2. The van der Waals surface area contributed by atoms with Gasteiger partial charge in [0, 0.05) is 7.05 Å². The summed E-state index contributed by atoms with van der Waals surface area (Å²) in [5.41, 5.74) is -0.403. The van der Waals surface area contributed by atoms with Crippen molar-refractivity contribution in [1.29, 1.82) is 0 Å². The van der Waals surface area contributed by atoms with Crippen LogP contribution >= 0.6 is 27.5 Å². The van der Waals surface area contributed by atoms with Crippen LogP contribution in [0.2, 0.25) is 5.15 Å². The van der Waals surface area contributed by atoms with Crippen LogP contribution in [-0.2, 0) is 0 Å². The van der Waals surface area contributed by atoms with E-state index in [-0.39, 0.29) is 6.61 Å². The summed E-state index contributed by atoms with van der Waals surface area (Å²) in [6.45, 7) is 3.85. The first-order chi connectivity index (χ1) is 6.90. The Morgan fingerprint density at radius 3 is 2.67 bits per heavy atom. The molecule has 1 aromatic rings. The first kappa shape index (κ1) is 12.7. The summed E-state index contributed by atoms with van der Waals surface area (Å²) in [6, 6.07) is 0. The Morgan fingerprint density at radius 1 is 1.53 bits per heavy atom. The normalized spacial score (nSPS) is 11.6. The van der Waals surface area contributed by atoms with E-state index in [2.05, 4.69) is 25.9 Å². The van der Waals surface area contributed by atoms with E-state index in [9.17, 15) is 5.11 Å². The molecule has 15 heavy (non-hydrogen) atoms. The zero-order chi connectivity index (χ0) is 11.6. The van der Waals surface area contributed by atoms with Crippen molar-refractivity contribution in [2.24, 2.45) is 0 Å². The Morgan fingerprint density at radius 2 is 2.13 bits per heavy atom. The van der Waals surface area contributed by atoms with Gasteiger partial charge in [-0.25, -0.2) is 9.97 Å². The standard InChI is InChI=1S/C9H13BrClN3O/c1-9(2,4-15)14(3)8-6(10)7(11)12-5-13-8/h5,15H,4H2,1-3H3. The third-order valence-corrected chi connectivity index (χ3v) is 3.59. The third-order valence-electron chi connectivity index (χ3n) is 2.34. The molecular weight excluding hydrogens is 281 g/mol. The van der Waals surface area contributed by atoms with Crippen LogP contribution in [0.3, 0.4) is 0 Å². The number of halogens is 2. The molecule has 84 valence electrons. The summed E-state index contributed by atoms with van der Waals surface area (Å²) in [5.74, 6) is 0.661. The Bertz CT molecular complexity index is 359. The highest BCUT2D eigenvalue weighted by Crippen LogP contribution is 2.31. The number of aliphatic hydroxyl groups excluding tert-OH is 1.